The van der Waals surface area contributed by atoms with Gasteiger partial charge in [-0.25, -0.2) is 26.4 Å². The van der Waals surface area contributed by atoms with Crippen molar-refractivity contribution in [2.45, 2.75) is 32.0 Å². The molecule has 1 N–H and O–H groups in total. The summed E-state index contributed by atoms with van der Waals surface area (Å²) in [6.45, 7) is -0.761. The number of hydrogen-bond donors (Lipinski definition) is 1. The molecule has 48 heavy (non-hydrogen) atoms. The Morgan fingerprint density at radius 1 is 0.917 bits per heavy atom. The van der Waals surface area contributed by atoms with Crippen LogP contribution in [0.15, 0.2) is 78.0 Å². The van der Waals surface area contributed by atoms with Crippen LogP contribution in [-0.2, 0) is 51.9 Å². The molecule has 0 bridgehead atoms. The number of carbonyl (C=O) groups excluding carboxylic acids is 2. The Hall–Kier alpha value is -3.49. The van der Waals surface area contributed by atoms with Crippen LogP contribution in [0.2, 0.25) is 5.02 Å². The number of carbonyl (C=O) groups is 2. The van der Waals surface area contributed by atoms with Gasteiger partial charge < -0.3 is 19.5 Å². The van der Waals surface area contributed by atoms with Gasteiger partial charge in [0.2, 0.25) is 0 Å². The minimum Gasteiger partial charge on any atom is -0.461 e. The van der Waals surface area contributed by atoms with E-state index in [0.717, 1.165) is 40.3 Å². The Morgan fingerprint density at radius 2 is 1.52 bits per heavy atom. The molecule has 1 saturated carbocycles. The van der Waals surface area contributed by atoms with Crippen molar-refractivity contribution in [1.29, 1.82) is 0 Å². The molecule has 1 unspecified atom stereocenters. The Kier molecular flexibility index (Phi) is 11.2. The van der Waals surface area contributed by atoms with E-state index in [1.54, 1.807) is 24.3 Å². The molecule has 10 nitrogen and oxygen atoms in total. The van der Waals surface area contributed by atoms with Crippen LogP contribution in [0.3, 0.4) is 0 Å². The number of halogens is 1. The highest BCUT2D eigenvalue weighted by Crippen LogP contribution is 2.42. The first-order chi connectivity index (χ1) is 22.7. The van der Waals surface area contributed by atoms with E-state index in [1.165, 1.54) is 23.6 Å². The second-order valence-corrected chi connectivity index (χ2v) is 18.0. The third kappa shape index (κ3) is 9.35. The number of hydrogen-bond acceptors (Lipinski definition) is 11. The Bertz CT molecular complexity index is 2010. The molecule has 0 saturated heterocycles. The first-order valence-corrected chi connectivity index (χ1v) is 20.5. The number of rotatable bonds is 13. The third-order valence-electron chi connectivity index (χ3n) is 7.94. The molecule has 1 aliphatic carbocycles. The molecule has 1 fully saturated rings. The number of fused-ring (bicyclic) bond motifs is 1. The van der Waals surface area contributed by atoms with Crippen LogP contribution in [0, 0.1) is 5.92 Å². The lowest BCUT2D eigenvalue weighted by atomic mass is 9.93. The number of thiophene rings is 1. The van der Waals surface area contributed by atoms with Gasteiger partial charge in [-0.1, -0.05) is 60.1 Å². The van der Waals surface area contributed by atoms with Gasteiger partial charge in [-0.3, -0.25) is 0 Å². The number of nitrogens with zero attached hydrogens (tertiary/aromatic N) is 1. The molecule has 14 heteroatoms. The van der Waals surface area contributed by atoms with Crippen LogP contribution in [0.1, 0.15) is 28.8 Å². The maximum atomic E-state index is 13.8. The largest absolute Gasteiger partial charge is 0.461 e. The Balaban J connectivity index is 1.65. The SMILES string of the molecule is CS(=O)(=O)CCOC(=O)C1=CC(c2ccc(CO)cc2)=CC(C2CC2)N(Cc2sc3ccccc3c2Cl)C=C1C(=O)OCCS(C)(=O)=O. The maximum absolute atomic E-state index is 13.8. The van der Waals surface area contributed by atoms with Crippen molar-refractivity contribution in [3.8, 4) is 0 Å². The molecule has 0 radical (unpaired) electrons. The van der Waals surface area contributed by atoms with Crippen molar-refractivity contribution in [3.05, 3.63) is 99.1 Å². The van der Waals surface area contributed by atoms with E-state index in [1.807, 2.05) is 35.2 Å². The third-order valence-corrected chi connectivity index (χ3v) is 11.5. The van der Waals surface area contributed by atoms with Crippen molar-refractivity contribution in [2.24, 2.45) is 5.92 Å². The van der Waals surface area contributed by atoms with Crippen molar-refractivity contribution in [3.63, 3.8) is 0 Å². The van der Waals surface area contributed by atoms with E-state index in [0.29, 0.717) is 21.7 Å². The van der Waals surface area contributed by atoms with E-state index in [2.05, 4.69) is 0 Å². The molecule has 5 rings (SSSR count). The summed E-state index contributed by atoms with van der Waals surface area (Å²) in [5.41, 5.74) is 1.61. The fourth-order valence-electron chi connectivity index (χ4n) is 5.25. The van der Waals surface area contributed by atoms with Gasteiger partial charge in [-0.15, -0.1) is 11.3 Å². The lowest BCUT2D eigenvalue weighted by Crippen LogP contribution is -2.33. The standard InChI is InChI=1S/C34H36ClNO9S3/c1-47(40,41)15-13-44-33(38)27-17-25(23-9-7-22(21-37)8-10-23)18-29(24-11-12-24)36(19-28(27)34(39)45-14-16-48(2,42)43)20-31-32(35)26-5-3-4-6-30(26)46-31/h3-10,17-19,24,29,37H,11-16,20-21H2,1-2H3. The molecule has 1 aromatic heterocycles. The van der Waals surface area contributed by atoms with Crippen molar-refractivity contribution >= 4 is 70.2 Å². The van der Waals surface area contributed by atoms with Gasteiger partial charge >= 0.3 is 11.9 Å². The summed E-state index contributed by atoms with van der Waals surface area (Å²) in [6, 6.07) is 14.6. The number of esters is 2. The number of aliphatic hydroxyl groups excluding tert-OH is 1. The average molecular weight is 734 g/mol. The van der Waals surface area contributed by atoms with Crippen molar-refractivity contribution in [2.75, 3.05) is 37.2 Å². The van der Waals surface area contributed by atoms with Crippen molar-refractivity contribution < 1.29 is 41.0 Å². The van der Waals surface area contributed by atoms with E-state index in [4.69, 9.17) is 21.1 Å². The van der Waals surface area contributed by atoms with Gasteiger partial charge in [0.25, 0.3) is 0 Å². The molecular weight excluding hydrogens is 698 g/mol. The number of ether oxygens (including phenoxy) is 2. The highest BCUT2D eigenvalue weighted by molar-refractivity contribution is 7.90. The average Bonchev–Trinajstić information content (AvgIpc) is 3.81. The lowest BCUT2D eigenvalue weighted by molar-refractivity contribution is -0.142. The Labute approximate surface area is 289 Å². The first-order valence-electron chi connectivity index (χ1n) is 15.2. The minimum atomic E-state index is -3.46. The van der Waals surface area contributed by atoms with Gasteiger partial charge in [0.1, 0.15) is 13.2 Å². The molecular formula is C34H36ClNO9S3. The minimum absolute atomic E-state index is 0.159. The van der Waals surface area contributed by atoms with Crippen LogP contribution >= 0.6 is 22.9 Å². The molecule has 256 valence electrons. The normalized spacial score (nSPS) is 17.2. The van der Waals surface area contributed by atoms with Crippen LogP contribution < -0.4 is 0 Å². The molecule has 0 spiro atoms. The number of allylic oxidation sites excluding steroid dienone is 2. The summed E-state index contributed by atoms with van der Waals surface area (Å²) < 4.78 is 59.0. The van der Waals surface area contributed by atoms with Gasteiger partial charge in [0, 0.05) is 33.7 Å². The molecule has 0 amide bonds. The smallest absolute Gasteiger partial charge is 0.340 e. The zero-order chi connectivity index (χ0) is 34.6. The fraction of sp³-hybridized carbons (Fsp3) is 0.353. The fourth-order valence-corrected chi connectivity index (χ4v) is 7.52. The van der Waals surface area contributed by atoms with Gasteiger partial charge in [-0.05, 0) is 47.6 Å². The first kappa shape index (κ1) is 35.8. The van der Waals surface area contributed by atoms with Crippen LogP contribution in [0.5, 0.6) is 0 Å². The van der Waals surface area contributed by atoms with E-state index >= 15 is 0 Å². The molecule has 3 aromatic rings. The monoisotopic (exact) mass is 733 g/mol. The van der Waals surface area contributed by atoms with Gasteiger partial charge in [0.15, 0.2) is 19.7 Å². The van der Waals surface area contributed by atoms with Crippen molar-refractivity contribution in [1.82, 2.24) is 4.90 Å². The number of benzene rings is 2. The van der Waals surface area contributed by atoms with Crippen LogP contribution in [0.4, 0.5) is 0 Å². The summed E-state index contributed by atoms with van der Waals surface area (Å²) in [7, 11) is -6.92. The lowest BCUT2D eigenvalue weighted by Gasteiger charge is -2.32. The summed E-state index contributed by atoms with van der Waals surface area (Å²) >= 11 is 8.39. The molecule has 2 heterocycles. The summed E-state index contributed by atoms with van der Waals surface area (Å²) in [5, 5.41) is 11.1. The van der Waals surface area contributed by atoms with Gasteiger partial charge in [-0.2, -0.15) is 0 Å². The van der Waals surface area contributed by atoms with E-state index in [-0.39, 0.29) is 36.3 Å². The quantitative estimate of drug-likeness (QED) is 0.245. The van der Waals surface area contributed by atoms with E-state index in [9.17, 15) is 31.5 Å². The highest BCUT2D eigenvalue weighted by atomic mass is 35.5. The predicted octanol–water partition coefficient (Wildman–Crippen LogP) is 4.71. The molecule has 1 atom stereocenters. The predicted molar refractivity (Wildman–Crippen MR) is 187 cm³/mol. The highest BCUT2D eigenvalue weighted by Gasteiger charge is 2.37. The van der Waals surface area contributed by atoms with Crippen LogP contribution in [-0.4, -0.2) is 82.1 Å². The Morgan fingerprint density at radius 3 is 2.08 bits per heavy atom. The van der Waals surface area contributed by atoms with E-state index < -0.39 is 56.3 Å². The zero-order valence-corrected chi connectivity index (χ0v) is 29.6. The molecule has 1 aliphatic heterocycles. The summed E-state index contributed by atoms with van der Waals surface area (Å²) in [6.07, 6.45) is 8.99. The zero-order valence-electron chi connectivity index (χ0n) is 26.4. The summed E-state index contributed by atoms with van der Waals surface area (Å²) in [4.78, 5) is 30.3. The second-order valence-electron chi connectivity index (χ2n) is 11.9. The molecule has 2 aliphatic rings. The maximum Gasteiger partial charge on any atom is 0.340 e. The second kappa shape index (κ2) is 15.0. The topological polar surface area (TPSA) is 144 Å². The molecule has 2 aromatic carbocycles. The van der Waals surface area contributed by atoms with Crippen LogP contribution in [0.25, 0.3) is 15.7 Å². The summed E-state index contributed by atoms with van der Waals surface area (Å²) in [5.74, 6) is -2.51. The number of sulfone groups is 2. The number of aliphatic hydroxyl groups is 1. The van der Waals surface area contributed by atoms with Gasteiger partial charge in [0.05, 0.1) is 46.9 Å².